The number of carbonyl (C=O) groups is 1. The zero-order chi connectivity index (χ0) is 26.1. The molecule has 3 aliphatic rings. The van der Waals surface area contributed by atoms with Crippen molar-refractivity contribution >= 4 is 73.6 Å². The first-order valence-electron chi connectivity index (χ1n) is 13.3. The van der Waals surface area contributed by atoms with Crippen molar-refractivity contribution in [3.05, 3.63) is 84.6 Å². The molecule has 3 atom stereocenters. The number of hydrogen-bond acceptors (Lipinski definition) is 6. The Morgan fingerprint density at radius 1 is 0.927 bits per heavy atom. The molecule has 3 aliphatic heterocycles. The topological polar surface area (TPSA) is 89.0 Å². The van der Waals surface area contributed by atoms with Gasteiger partial charge in [-0.3, -0.25) is 9.69 Å². The predicted molar refractivity (Wildman–Crippen MR) is 181 cm³/mol. The van der Waals surface area contributed by atoms with Gasteiger partial charge in [0.1, 0.15) is 25.1 Å². The lowest BCUT2D eigenvalue weighted by Crippen LogP contribution is -2.60. The SMILES string of the molecule is O=C(CO)c1cc2c(OC[C@@H](O)CN3C[C@@H]4C/C=C\C[C@H]3CN4c3ccc4ccccc4c3)cccc2[nH]1.S.S.S. The number of anilines is 1. The molecule has 0 aliphatic carbocycles. The van der Waals surface area contributed by atoms with Crippen LogP contribution in [-0.4, -0.2) is 76.9 Å². The van der Waals surface area contributed by atoms with Gasteiger partial charge in [0.15, 0.2) is 0 Å². The van der Waals surface area contributed by atoms with Gasteiger partial charge >= 0.3 is 0 Å². The van der Waals surface area contributed by atoms with Crippen molar-refractivity contribution in [3.8, 4) is 5.75 Å². The highest BCUT2D eigenvalue weighted by molar-refractivity contribution is 7.59. The molecule has 1 saturated heterocycles. The highest BCUT2D eigenvalue weighted by Gasteiger charge is 2.35. The van der Waals surface area contributed by atoms with Gasteiger partial charge in [-0.05, 0) is 53.9 Å². The van der Waals surface area contributed by atoms with Crippen molar-refractivity contribution in [2.75, 3.05) is 37.7 Å². The van der Waals surface area contributed by atoms with E-state index < -0.39 is 12.7 Å². The number of nitrogens with zero attached hydrogens (tertiary/aromatic N) is 2. The number of hydrogen-bond donors (Lipinski definition) is 3. The van der Waals surface area contributed by atoms with Crippen LogP contribution in [0.25, 0.3) is 21.7 Å². The molecule has 0 amide bonds. The van der Waals surface area contributed by atoms with Crippen LogP contribution < -0.4 is 9.64 Å². The largest absolute Gasteiger partial charge is 0.490 e. The van der Waals surface area contributed by atoms with Gasteiger partial charge in [0.05, 0.1) is 5.69 Å². The fraction of sp³-hybridized carbons (Fsp3) is 0.323. The van der Waals surface area contributed by atoms with Gasteiger partial charge in [-0.25, -0.2) is 0 Å². The van der Waals surface area contributed by atoms with Crippen molar-refractivity contribution in [2.45, 2.75) is 31.0 Å². The molecule has 220 valence electrons. The number of aromatic amines is 1. The molecule has 7 nitrogen and oxygen atoms in total. The standard InChI is InChI=1S/C31H33N3O4.3H2S/c35-19-30(37)29-15-27-28(32-29)10-5-11-31(27)38-20-26(36)18-33-16-25-9-4-3-8-24(33)17-34(25)23-13-12-21-6-1-2-7-22(21)14-23;;;/h1-7,10-15,24-26,32,35-36H,8-9,16-20H2;3*1H2/b4-3-;;;/t24-,25-,26-;;;/m0.../s1. The summed E-state index contributed by atoms with van der Waals surface area (Å²) >= 11 is 0. The van der Waals surface area contributed by atoms with E-state index in [9.17, 15) is 15.0 Å². The number of aliphatic hydroxyl groups excluding tert-OH is 2. The molecular weight excluding hydrogens is 575 g/mol. The van der Waals surface area contributed by atoms with Crippen LogP contribution in [0, 0.1) is 0 Å². The number of H-pyrrole nitrogens is 1. The zero-order valence-electron chi connectivity index (χ0n) is 22.8. The summed E-state index contributed by atoms with van der Waals surface area (Å²) in [5.41, 5.74) is 2.37. The van der Waals surface area contributed by atoms with E-state index in [1.165, 1.54) is 16.5 Å². The molecule has 10 heteroatoms. The van der Waals surface area contributed by atoms with Crippen molar-refractivity contribution in [1.82, 2.24) is 9.88 Å². The molecule has 1 fully saturated rings. The highest BCUT2D eigenvalue weighted by Crippen LogP contribution is 2.31. The third-order valence-electron chi connectivity index (χ3n) is 7.80. The van der Waals surface area contributed by atoms with E-state index in [-0.39, 0.29) is 52.9 Å². The van der Waals surface area contributed by atoms with Crippen molar-refractivity contribution in [2.24, 2.45) is 0 Å². The van der Waals surface area contributed by atoms with Gasteiger partial charge in [-0.15, -0.1) is 0 Å². The third-order valence-corrected chi connectivity index (χ3v) is 7.80. The summed E-state index contributed by atoms with van der Waals surface area (Å²) in [4.78, 5) is 19.9. The quantitative estimate of drug-likeness (QED) is 0.201. The van der Waals surface area contributed by atoms with E-state index in [4.69, 9.17) is 4.74 Å². The number of piperazine rings is 1. The molecule has 0 unspecified atom stereocenters. The minimum absolute atomic E-state index is 0. The molecule has 0 spiro atoms. The monoisotopic (exact) mass is 613 g/mol. The minimum atomic E-state index is -0.651. The number of aliphatic hydroxyl groups is 2. The summed E-state index contributed by atoms with van der Waals surface area (Å²) in [5.74, 6) is 0.237. The molecular formula is C31H39N3O4S3. The number of fused-ring (bicyclic) bond motifs is 6. The zero-order valence-corrected chi connectivity index (χ0v) is 25.8. The second-order valence-electron chi connectivity index (χ2n) is 10.3. The lowest BCUT2D eigenvalue weighted by Gasteiger charge is -2.48. The number of Topliss-reactive ketones (excluding diaryl/α,β-unsaturated/α-hetero) is 1. The van der Waals surface area contributed by atoms with Crippen molar-refractivity contribution < 1.29 is 19.7 Å². The van der Waals surface area contributed by atoms with Gasteiger partial charge in [0, 0.05) is 48.3 Å². The maximum atomic E-state index is 11.9. The van der Waals surface area contributed by atoms with Crippen LogP contribution in [0.2, 0.25) is 0 Å². The number of carbonyl (C=O) groups excluding carboxylic acids is 1. The van der Waals surface area contributed by atoms with E-state index in [2.05, 4.69) is 69.4 Å². The van der Waals surface area contributed by atoms with Crippen molar-refractivity contribution in [3.63, 3.8) is 0 Å². The number of aromatic nitrogens is 1. The summed E-state index contributed by atoms with van der Waals surface area (Å²) in [6, 6.07) is 23.1. The Bertz CT molecular complexity index is 1490. The number of benzene rings is 3. The highest BCUT2D eigenvalue weighted by atomic mass is 32.1. The Morgan fingerprint density at radius 3 is 2.46 bits per heavy atom. The van der Waals surface area contributed by atoms with Crippen LogP contribution >= 0.6 is 40.5 Å². The van der Waals surface area contributed by atoms with Gasteiger partial charge in [0.25, 0.3) is 0 Å². The average molecular weight is 614 g/mol. The molecule has 0 radical (unpaired) electrons. The molecule has 1 aromatic heterocycles. The average Bonchev–Trinajstić information content (AvgIpc) is 3.37. The normalized spacial score (nSPS) is 19.8. The van der Waals surface area contributed by atoms with E-state index in [1.807, 2.05) is 18.2 Å². The van der Waals surface area contributed by atoms with Crippen LogP contribution in [-0.2, 0) is 0 Å². The van der Waals surface area contributed by atoms with Crippen LogP contribution in [0.15, 0.2) is 78.9 Å². The predicted octanol–water partition coefficient (Wildman–Crippen LogP) is 4.48. The first-order valence-corrected chi connectivity index (χ1v) is 13.3. The summed E-state index contributed by atoms with van der Waals surface area (Å²) < 4.78 is 6.02. The summed E-state index contributed by atoms with van der Waals surface area (Å²) in [5, 5.41) is 23.4. The van der Waals surface area contributed by atoms with Crippen LogP contribution in [0.4, 0.5) is 5.69 Å². The number of rotatable bonds is 8. The molecule has 4 aromatic rings. The van der Waals surface area contributed by atoms with Gasteiger partial charge in [0.2, 0.25) is 5.78 Å². The first-order chi connectivity index (χ1) is 18.6. The summed E-state index contributed by atoms with van der Waals surface area (Å²) in [6.07, 6.45) is 5.86. The van der Waals surface area contributed by atoms with Gasteiger partial charge in [-0.2, -0.15) is 40.5 Å². The molecule has 7 rings (SSSR count). The Balaban J connectivity index is 0.00000154. The maximum Gasteiger partial charge on any atom is 0.204 e. The number of ether oxygens (including phenoxy) is 1. The lowest BCUT2D eigenvalue weighted by atomic mass is 9.96. The summed E-state index contributed by atoms with van der Waals surface area (Å²) in [7, 11) is 0. The smallest absolute Gasteiger partial charge is 0.204 e. The fourth-order valence-electron chi connectivity index (χ4n) is 5.84. The lowest BCUT2D eigenvalue weighted by molar-refractivity contribution is 0.0409. The van der Waals surface area contributed by atoms with Crippen molar-refractivity contribution in [1.29, 1.82) is 0 Å². The van der Waals surface area contributed by atoms with E-state index in [0.717, 1.165) is 36.8 Å². The second kappa shape index (κ2) is 14.5. The molecule has 3 N–H and O–H groups in total. The molecule has 3 aromatic carbocycles. The second-order valence-corrected chi connectivity index (χ2v) is 10.3. The molecule has 2 bridgehead atoms. The maximum absolute atomic E-state index is 11.9. The summed E-state index contributed by atoms with van der Waals surface area (Å²) in [6.45, 7) is 1.96. The number of ketones is 1. The molecule has 4 heterocycles. The minimum Gasteiger partial charge on any atom is -0.490 e. The first kappa shape index (κ1) is 32.9. The Labute approximate surface area is 261 Å². The molecule has 41 heavy (non-hydrogen) atoms. The molecule has 0 saturated carbocycles. The third kappa shape index (κ3) is 7.07. The fourth-order valence-corrected chi connectivity index (χ4v) is 5.84. The number of nitrogens with one attached hydrogen (secondary N) is 1. The van der Waals surface area contributed by atoms with Gasteiger partial charge < -0.3 is 24.8 Å². The van der Waals surface area contributed by atoms with E-state index in [0.29, 0.717) is 30.1 Å². The van der Waals surface area contributed by atoms with Crippen LogP contribution in [0.3, 0.4) is 0 Å². The van der Waals surface area contributed by atoms with Crippen LogP contribution in [0.5, 0.6) is 5.75 Å². The van der Waals surface area contributed by atoms with Crippen LogP contribution in [0.1, 0.15) is 23.3 Å². The Kier molecular flexibility index (Phi) is 11.7. The van der Waals surface area contributed by atoms with E-state index in [1.54, 1.807) is 6.07 Å². The van der Waals surface area contributed by atoms with E-state index >= 15 is 0 Å². The Hall–Kier alpha value is -2.60. The van der Waals surface area contributed by atoms with Gasteiger partial charge in [-0.1, -0.05) is 48.6 Å². The Morgan fingerprint density at radius 2 is 1.68 bits per heavy atom.